The van der Waals surface area contributed by atoms with E-state index < -0.39 is 11.5 Å². The minimum absolute atomic E-state index is 0.0732. The van der Waals surface area contributed by atoms with E-state index in [2.05, 4.69) is 12.2 Å². The van der Waals surface area contributed by atoms with Crippen LogP contribution in [0.1, 0.15) is 40.4 Å². The summed E-state index contributed by atoms with van der Waals surface area (Å²) >= 11 is 1.47. The summed E-state index contributed by atoms with van der Waals surface area (Å²) in [5, 5.41) is 11.8. The molecular weight excluding hydrogens is 290 g/mol. The number of carboxylic acids is 1. The van der Waals surface area contributed by atoms with Gasteiger partial charge in [0.25, 0.3) is 5.91 Å². The quantitative estimate of drug-likeness (QED) is 0.873. The van der Waals surface area contributed by atoms with Gasteiger partial charge in [-0.3, -0.25) is 4.79 Å². The topological polar surface area (TPSA) is 75.6 Å². The fourth-order valence-electron chi connectivity index (χ4n) is 2.57. The molecular formula is C15H21NO4S. The maximum Gasteiger partial charge on any atom is 0.331 e. The van der Waals surface area contributed by atoms with Crippen molar-refractivity contribution in [1.82, 2.24) is 5.32 Å². The molecule has 2 unspecified atom stereocenters. The van der Waals surface area contributed by atoms with Gasteiger partial charge in [-0.05, 0) is 43.7 Å². The molecule has 1 aliphatic carbocycles. The van der Waals surface area contributed by atoms with Gasteiger partial charge in [0.1, 0.15) is 0 Å². The Morgan fingerprint density at radius 1 is 1.57 bits per heavy atom. The minimum atomic E-state index is -1.41. The molecule has 2 N–H and O–H groups in total. The molecule has 21 heavy (non-hydrogen) atoms. The van der Waals surface area contributed by atoms with Crippen molar-refractivity contribution in [1.29, 1.82) is 0 Å². The lowest BCUT2D eigenvalue weighted by Crippen LogP contribution is -2.55. The number of thiophene rings is 1. The summed E-state index contributed by atoms with van der Waals surface area (Å²) < 4.78 is 4.91. The van der Waals surface area contributed by atoms with Gasteiger partial charge in [0.15, 0.2) is 5.54 Å². The zero-order chi connectivity index (χ0) is 15.6. The van der Waals surface area contributed by atoms with Crippen molar-refractivity contribution in [2.24, 2.45) is 5.92 Å². The normalized spacial score (nSPS) is 20.4. The van der Waals surface area contributed by atoms with Crippen molar-refractivity contribution in [3.63, 3.8) is 0 Å². The highest BCUT2D eigenvalue weighted by Gasteiger charge is 2.36. The first-order valence-corrected chi connectivity index (χ1v) is 7.84. The first-order chi connectivity index (χ1) is 9.85. The van der Waals surface area contributed by atoms with Crippen molar-refractivity contribution in [3.8, 4) is 0 Å². The first-order valence-electron chi connectivity index (χ1n) is 7.02. The Labute approximate surface area is 128 Å². The zero-order valence-electron chi connectivity index (χ0n) is 12.6. The monoisotopic (exact) mass is 311 g/mol. The maximum atomic E-state index is 12.3. The van der Waals surface area contributed by atoms with E-state index in [4.69, 9.17) is 4.74 Å². The van der Waals surface area contributed by atoms with Crippen LogP contribution in [-0.4, -0.2) is 36.2 Å². The highest BCUT2D eigenvalue weighted by Crippen LogP contribution is 2.32. The predicted octanol–water partition coefficient (Wildman–Crippen LogP) is 2.09. The van der Waals surface area contributed by atoms with Gasteiger partial charge >= 0.3 is 5.97 Å². The third-order valence-electron chi connectivity index (χ3n) is 3.85. The molecule has 1 heterocycles. The van der Waals surface area contributed by atoms with Gasteiger partial charge in [-0.15, -0.1) is 11.3 Å². The second-order valence-electron chi connectivity index (χ2n) is 5.93. The number of fused-ring (bicyclic) bond motifs is 1. The molecule has 0 fully saturated rings. The van der Waals surface area contributed by atoms with E-state index >= 15 is 0 Å². The fourth-order valence-corrected chi connectivity index (χ4v) is 3.67. The Kier molecular flexibility index (Phi) is 4.68. The van der Waals surface area contributed by atoms with Crippen molar-refractivity contribution in [2.45, 2.75) is 38.6 Å². The van der Waals surface area contributed by atoms with Crippen molar-refractivity contribution in [3.05, 3.63) is 21.4 Å². The molecule has 0 radical (unpaired) electrons. The summed E-state index contributed by atoms with van der Waals surface area (Å²) in [6.45, 7) is 3.59. The van der Waals surface area contributed by atoms with Gasteiger partial charge in [-0.2, -0.15) is 0 Å². The molecule has 0 saturated heterocycles. The number of aryl methyl sites for hydroxylation is 1. The van der Waals surface area contributed by atoms with E-state index in [0.717, 1.165) is 19.3 Å². The van der Waals surface area contributed by atoms with Crippen LogP contribution in [0.3, 0.4) is 0 Å². The third kappa shape index (κ3) is 3.44. The van der Waals surface area contributed by atoms with Crippen LogP contribution < -0.4 is 5.32 Å². The molecule has 0 spiro atoms. The lowest BCUT2D eigenvalue weighted by Gasteiger charge is -2.24. The number of carboxylic acid groups (broad SMARTS) is 1. The Morgan fingerprint density at radius 3 is 2.90 bits per heavy atom. The Hall–Kier alpha value is -1.40. The average Bonchev–Trinajstić information content (AvgIpc) is 2.81. The smallest absolute Gasteiger partial charge is 0.331 e. The summed E-state index contributed by atoms with van der Waals surface area (Å²) in [5.41, 5.74) is -0.184. The van der Waals surface area contributed by atoms with Gasteiger partial charge in [-0.25, -0.2) is 4.79 Å². The van der Waals surface area contributed by atoms with E-state index in [1.54, 1.807) is 0 Å². The van der Waals surface area contributed by atoms with Gasteiger partial charge in [-0.1, -0.05) is 6.92 Å². The van der Waals surface area contributed by atoms with Crippen LogP contribution in [-0.2, 0) is 22.4 Å². The van der Waals surface area contributed by atoms with E-state index in [1.165, 1.54) is 35.8 Å². The summed E-state index contributed by atoms with van der Waals surface area (Å²) in [6, 6.07) is 1.90. The molecule has 5 nitrogen and oxygen atoms in total. The zero-order valence-corrected chi connectivity index (χ0v) is 13.4. The van der Waals surface area contributed by atoms with Crippen molar-refractivity contribution in [2.75, 3.05) is 13.7 Å². The van der Waals surface area contributed by atoms with Crippen LogP contribution >= 0.6 is 11.3 Å². The predicted molar refractivity (Wildman–Crippen MR) is 80.9 cm³/mol. The lowest BCUT2D eigenvalue weighted by molar-refractivity contribution is -0.145. The average molecular weight is 311 g/mol. The number of aliphatic carboxylic acids is 1. The van der Waals surface area contributed by atoms with E-state index in [-0.39, 0.29) is 12.5 Å². The number of methoxy groups -OCH3 is 1. The number of nitrogens with one attached hydrogen (secondary N) is 1. The Morgan fingerprint density at radius 2 is 2.29 bits per heavy atom. The highest BCUT2D eigenvalue weighted by atomic mass is 32.1. The maximum absolute atomic E-state index is 12.3. The van der Waals surface area contributed by atoms with Crippen LogP contribution in [0.5, 0.6) is 0 Å². The Balaban J connectivity index is 2.15. The van der Waals surface area contributed by atoms with Gasteiger partial charge < -0.3 is 15.2 Å². The summed E-state index contributed by atoms with van der Waals surface area (Å²) in [6.07, 6.45) is 3.14. The van der Waals surface area contributed by atoms with Crippen molar-refractivity contribution < 1.29 is 19.4 Å². The number of carbonyl (C=O) groups is 2. The molecule has 6 heteroatoms. The number of rotatable bonds is 5. The SMILES string of the molecule is COCC(C)(NC(=O)c1cc2c(s1)CCC(C)C2)C(=O)O. The summed E-state index contributed by atoms with van der Waals surface area (Å²) in [4.78, 5) is 25.5. The largest absolute Gasteiger partial charge is 0.479 e. The van der Waals surface area contributed by atoms with Crippen LogP contribution in [0.4, 0.5) is 0 Å². The van der Waals surface area contributed by atoms with E-state index in [1.807, 2.05) is 6.07 Å². The number of carbonyl (C=O) groups excluding carboxylic acids is 1. The number of ether oxygens (including phenoxy) is 1. The standard InChI is InChI=1S/C15H21NO4S/c1-9-4-5-11-10(6-9)7-12(21-11)13(17)16-15(2,8-20-3)14(18)19/h7,9H,4-6,8H2,1-3H3,(H,16,17)(H,18,19). The van der Waals surface area contributed by atoms with Crippen LogP contribution in [0.2, 0.25) is 0 Å². The van der Waals surface area contributed by atoms with Crippen LogP contribution in [0, 0.1) is 5.92 Å². The number of hydrogen-bond donors (Lipinski definition) is 2. The van der Waals surface area contributed by atoms with Crippen LogP contribution in [0.25, 0.3) is 0 Å². The van der Waals surface area contributed by atoms with Gasteiger partial charge in [0, 0.05) is 12.0 Å². The second-order valence-corrected chi connectivity index (χ2v) is 7.07. The van der Waals surface area contributed by atoms with E-state index in [0.29, 0.717) is 10.8 Å². The van der Waals surface area contributed by atoms with E-state index in [9.17, 15) is 14.7 Å². The molecule has 1 aromatic rings. The molecule has 1 aliphatic rings. The molecule has 0 aliphatic heterocycles. The second kappa shape index (κ2) is 6.15. The molecule has 0 aromatic carbocycles. The number of amides is 1. The Bertz CT molecular complexity index is 554. The fraction of sp³-hybridized carbons (Fsp3) is 0.600. The van der Waals surface area contributed by atoms with Gasteiger partial charge in [0.2, 0.25) is 0 Å². The molecule has 0 saturated carbocycles. The molecule has 1 aromatic heterocycles. The molecule has 116 valence electrons. The molecule has 2 atom stereocenters. The third-order valence-corrected chi connectivity index (χ3v) is 5.08. The lowest BCUT2D eigenvalue weighted by atomic mass is 9.90. The van der Waals surface area contributed by atoms with Crippen molar-refractivity contribution >= 4 is 23.2 Å². The first kappa shape index (κ1) is 16.0. The summed E-state index contributed by atoms with van der Waals surface area (Å²) in [5.74, 6) is -0.808. The molecule has 2 rings (SSSR count). The molecule has 1 amide bonds. The van der Waals surface area contributed by atoms with Gasteiger partial charge in [0.05, 0.1) is 11.5 Å². The summed E-state index contributed by atoms with van der Waals surface area (Å²) in [7, 11) is 1.42. The van der Waals surface area contributed by atoms with Crippen LogP contribution in [0.15, 0.2) is 6.07 Å². The number of hydrogen-bond acceptors (Lipinski definition) is 4. The highest BCUT2D eigenvalue weighted by molar-refractivity contribution is 7.14. The molecule has 0 bridgehead atoms. The minimum Gasteiger partial charge on any atom is -0.479 e.